The Morgan fingerprint density at radius 2 is 2.00 bits per heavy atom. The van der Waals surface area contributed by atoms with Crippen LogP contribution < -0.4 is 5.32 Å². The van der Waals surface area contributed by atoms with Crippen molar-refractivity contribution in [2.75, 3.05) is 7.05 Å². The van der Waals surface area contributed by atoms with Gasteiger partial charge in [-0.15, -0.1) is 9.24 Å². The summed E-state index contributed by atoms with van der Waals surface area (Å²) >= 11 is 0. The minimum absolute atomic E-state index is 0.551. The maximum absolute atomic E-state index is 2.99. The Hall–Kier alpha value is 0.390. The SMILES string of the molecule is CNC(C)P. The molecule has 0 aromatic rings. The fraction of sp³-hybridized carbons (Fsp3) is 1.00. The summed E-state index contributed by atoms with van der Waals surface area (Å²) in [5, 5.41) is 2.99. The normalized spacial score (nSPS) is 15.0. The second-order valence-electron chi connectivity index (χ2n) is 1.08. The van der Waals surface area contributed by atoms with Gasteiger partial charge in [0.05, 0.1) is 0 Å². The van der Waals surface area contributed by atoms with E-state index in [1.807, 2.05) is 7.05 Å². The first-order valence-corrected chi connectivity index (χ1v) is 2.37. The molecule has 0 spiro atoms. The van der Waals surface area contributed by atoms with E-state index in [2.05, 4.69) is 21.5 Å². The Kier molecular flexibility index (Phi) is 2.82. The summed E-state index contributed by atoms with van der Waals surface area (Å²) in [5.74, 6) is 0.551. The van der Waals surface area contributed by atoms with Gasteiger partial charge in [-0.2, -0.15) is 0 Å². The zero-order chi connectivity index (χ0) is 4.28. The highest BCUT2D eigenvalue weighted by atomic mass is 31.0. The molecular formula is C3H10NP. The lowest BCUT2D eigenvalue weighted by molar-refractivity contribution is 0.807. The monoisotopic (exact) mass is 91.1 g/mol. The van der Waals surface area contributed by atoms with Crippen LogP contribution in [0.3, 0.4) is 0 Å². The van der Waals surface area contributed by atoms with E-state index >= 15 is 0 Å². The molecule has 0 aromatic heterocycles. The van der Waals surface area contributed by atoms with E-state index in [1.165, 1.54) is 0 Å². The second kappa shape index (κ2) is 2.62. The van der Waals surface area contributed by atoms with Gasteiger partial charge in [0, 0.05) is 5.78 Å². The van der Waals surface area contributed by atoms with E-state index in [4.69, 9.17) is 0 Å². The Morgan fingerprint density at radius 3 is 2.00 bits per heavy atom. The summed E-state index contributed by atoms with van der Waals surface area (Å²) in [5.41, 5.74) is 0. The average molecular weight is 91.1 g/mol. The molecule has 0 saturated carbocycles. The molecule has 0 heterocycles. The highest BCUT2D eigenvalue weighted by Crippen LogP contribution is 1.86. The Labute approximate surface area is 35.3 Å². The van der Waals surface area contributed by atoms with Gasteiger partial charge in [0.1, 0.15) is 0 Å². The van der Waals surface area contributed by atoms with E-state index in [0.29, 0.717) is 5.78 Å². The van der Waals surface area contributed by atoms with E-state index < -0.39 is 0 Å². The van der Waals surface area contributed by atoms with Crippen LogP contribution in [0.4, 0.5) is 0 Å². The predicted octanol–water partition coefficient (Wildman–Crippen LogP) is 0.427. The molecule has 32 valence electrons. The van der Waals surface area contributed by atoms with Crippen LogP contribution in [0.1, 0.15) is 6.92 Å². The topological polar surface area (TPSA) is 12.0 Å². The van der Waals surface area contributed by atoms with Crippen LogP contribution >= 0.6 is 9.24 Å². The van der Waals surface area contributed by atoms with E-state index in [9.17, 15) is 0 Å². The highest BCUT2D eigenvalue weighted by Gasteiger charge is 1.76. The largest absolute Gasteiger partial charge is 0.314 e. The quantitative estimate of drug-likeness (QED) is 0.461. The van der Waals surface area contributed by atoms with Crippen molar-refractivity contribution in [2.24, 2.45) is 0 Å². The van der Waals surface area contributed by atoms with Gasteiger partial charge >= 0.3 is 0 Å². The molecule has 2 unspecified atom stereocenters. The minimum atomic E-state index is 0.551. The molecule has 0 aliphatic heterocycles. The molecule has 1 N–H and O–H groups in total. The number of hydrogen-bond acceptors (Lipinski definition) is 1. The zero-order valence-electron chi connectivity index (χ0n) is 3.65. The van der Waals surface area contributed by atoms with Crippen LogP contribution in [0, 0.1) is 0 Å². The van der Waals surface area contributed by atoms with Gasteiger partial charge < -0.3 is 5.32 Å². The van der Waals surface area contributed by atoms with Crippen LogP contribution in [-0.2, 0) is 0 Å². The molecule has 0 aromatic carbocycles. The lowest BCUT2D eigenvalue weighted by atomic mass is 10.8. The van der Waals surface area contributed by atoms with Crippen molar-refractivity contribution in [3.05, 3.63) is 0 Å². The molecule has 2 heteroatoms. The first kappa shape index (κ1) is 5.39. The lowest BCUT2D eigenvalue weighted by Crippen LogP contribution is -2.11. The van der Waals surface area contributed by atoms with Crippen molar-refractivity contribution in [1.82, 2.24) is 5.32 Å². The van der Waals surface area contributed by atoms with Crippen LogP contribution in [0.5, 0.6) is 0 Å². The van der Waals surface area contributed by atoms with Gasteiger partial charge in [-0.1, -0.05) is 0 Å². The van der Waals surface area contributed by atoms with Crippen molar-refractivity contribution in [3.63, 3.8) is 0 Å². The third-order valence-corrected chi connectivity index (χ3v) is 0.789. The van der Waals surface area contributed by atoms with Crippen molar-refractivity contribution in [2.45, 2.75) is 12.7 Å². The fourth-order valence-corrected chi connectivity index (χ4v) is 0. The fourth-order valence-electron chi connectivity index (χ4n) is 0. The van der Waals surface area contributed by atoms with E-state index in [1.54, 1.807) is 0 Å². The molecule has 0 radical (unpaired) electrons. The summed E-state index contributed by atoms with van der Waals surface area (Å²) in [7, 11) is 4.55. The third-order valence-electron chi connectivity index (χ3n) is 0.455. The molecule has 1 nitrogen and oxygen atoms in total. The number of nitrogens with one attached hydrogen (secondary N) is 1. The van der Waals surface area contributed by atoms with Gasteiger partial charge in [0.25, 0.3) is 0 Å². The van der Waals surface area contributed by atoms with Crippen LogP contribution in [0.15, 0.2) is 0 Å². The summed E-state index contributed by atoms with van der Waals surface area (Å²) in [6.07, 6.45) is 0. The Morgan fingerprint density at radius 1 is 1.80 bits per heavy atom. The smallest absolute Gasteiger partial charge is 0.0180 e. The summed E-state index contributed by atoms with van der Waals surface area (Å²) in [6.45, 7) is 2.07. The van der Waals surface area contributed by atoms with Crippen LogP contribution in [-0.4, -0.2) is 12.8 Å². The van der Waals surface area contributed by atoms with Gasteiger partial charge in [-0.05, 0) is 14.0 Å². The highest BCUT2D eigenvalue weighted by molar-refractivity contribution is 7.17. The van der Waals surface area contributed by atoms with Gasteiger partial charge in [0.2, 0.25) is 0 Å². The molecule has 0 amide bonds. The molecular weight excluding hydrogens is 81.0 g/mol. The Balaban J connectivity index is 2.54. The number of hydrogen-bond donors (Lipinski definition) is 1. The van der Waals surface area contributed by atoms with Crippen molar-refractivity contribution >= 4 is 9.24 Å². The molecule has 0 bridgehead atoms. The molecule has 2 atom stereocenters. The van der Waals surface area contributed by atoms with Crippen molar-refractivity contribution in [1.29, 1.82) is 0 Å². The van der Waals surface area contributed by atoms with Crippen molar-refractivity contribution in [3.8, 4) is 0 Å². The van der Waals surface area contributed by atoms with Gasteiger partial charge in [-0.25, -0.2) is 0 Å². The van der Waals surface area contributed by atoms with E-state index in [0.717, 1.165) is 0 Å². The van der Waals surface area contributed by atoms with E-state index in [-0.39, 0.29) is 0 Å². The predicted molar refractivity (Wildman–Crippen MR) is 28.2 cm³/mol. The molecule has 0 fully saturated rings. The summed E-state index contributed by atoms with van der Waals surface area (Å²) in [6, 6.07) is 0. The first-order chi connectivity index (χ1) is 2.27. The number of rotatable bonds is 1. The second-order valence-corrected chi connectivity index (χ2v) is 2.08. The van der Waals surface area contributed by atoms with Gasteiger partial charge in [0.15, 0.2) is 0 Å². The standard InChI is InChI=1S/C3H10NP/c1-3(5)4-2/h3-4H,5H2,1-2H3. The van der Waals surface area contributed by atoms with Gasteiger partial charge in [-0.3, -0.25) is 0 Å². The minimum Gasteiger partial charge on any atom is -0.314 e. The zero-order valence-corrected chi connectivity index (χ0v) is 4.81. The van der Waals surface area contributed by atoms with Crippen molar-refractivity contribution < 1.29 is 0 Å². The Bertz CT molecular complexity index is 20.9. The maximum atomic E-state index is 2.99. The molecule has 0 rings (SSSR count). The summed E-state index contributed by atoms with van der Waals surface area (Å²) in [4.78, 5) is 0. The molecule has 0 saturated heterocycles. The lowest BCUT2D eigenvalue weighted by Gasteiger charge is -1.95. The maximum Gasteiger partial charge on any atom is 0.0180 e. The third kappa shape index (κ3) is 4.39. The average Bonchev–Trinajstić information content (AvgIpc) is 1.38. The first-order valence-electron chi connectivity index (χ1n) is 1.70. The molecule has 0 aliphatic rings. The summed E-state index contributed by atoms with van der Waals surface area (Å²) < 4.78 is 0. The van der Waals surface area contributed by atoms with Crippen LogP contribution in [0.25, 0.3) is 0 Å². The molecule has 0 aliphatic carbocycles. The molecule has 5 heavy (non-hydrogen) atoms. The van der Waals surface area contributed by atoms with Crippen LogP contribution in [0.2, 0.25) is 0 Å².